The van der Waals surface area contributed by atoms with Gasteiger partial charge in [0.25, 0.3) is 0 Å². The largest absolute Gasteiger partial charge is 0.396 e. The molecule has 3 unspecified atom stereocenters. The molecular weight excluding hydrogens is 186 g/mol. The van der Waals surface area contributed by atoms with Crippen molar-refractivity contribution in [1.82, 2.24) is 5.32 Å². The van der Waals surface area contributed by atoms with Crippen molar-refractivity contribution < 1.29 is 5.11 Å². The summed E-state index contributed by atoms with van der Waals surface area (Å²) < 4.78 is 0. The van der Waals surface area contributed by atoms with E-state index in [2.05, 4.69) is 19.2 Å². The number of rotatable bonds is 6. The predicted octanol–water partition coefficient (Wildman–Crippen LogP) is 2.56. The minimum Gasteiger partial charge on any atom is -0.396 e. The van der Waals surface area contributed by atoms with Crippen molar-refractivity contribution in [2.45, 2.75) is 58.4 Å². The molecule has 3 atom stereocenters. The Hall–Kier alpha value is -0.0800. The molecule has 1 saturated carbocycles. The van der Waals surface area contributed by atoms with Gasteiger partial charge in [-0.25, -0.2) is 0 Å². The average molecular weight is 213 g/mol. The molecule has 2 nitrogen and oxygen atoms in total. The molecule has 1 rings (SSSR count). The lowest BCUT2D eigenvalue weighted by molar-refractivity contribution is 0.255. The second kappa shape index (κ2) is 7.24. The number of nitrogens with one attached hydrogen (secondary N) is 1. The van der Waals surface area contributed by atoms with Crippen molar-refractivity contribution in [3.05, 3.63) is 0 Å². The van der Waals surface area contributed by atoms with Gasteiger partial charge in [0.05, 0.1) is 0 Å². The SMILES string of the molecule is CC1CCCC(CNC(C)CCCO)C1. The van der Waals surface area contributed by atoms with E-state index >= 15 is 0 Å². The Balaban J connectivity index is 2.07. The molecule has 1 fully saturated rings. The summed E-state index contributed by atoms with van der Waals surface area (Å²) in [6.07, 6.45) is 7.67. The highest BCUT2D eigenvalue weighted by Crippen LogP contribution is 2.27. The fraction of sp³-hybridized carbons (Fsp3) is 1.00. The molecule has 0 saturated heterocycles. The zero-order valence-electron chi connectivity index (χ0n) is 10.3. The predicted molar refractivity (Wildman–Crippen MR) is 64.9 cm³/mol. The highest BCUT2D eigenvalue weighted by atomic mass is 16.2. The van der Waals surface area contributed by atoms with Crippen molar-refractivity contribution in [2.75, 3.05) is 13.2 Å². The zero-order valence-corrected chi connectivity index (χ0v) is 10.3. The Labute approximate surface area is 94.5 Å². The van der Waals surface area contributed by atoms with Crippen LogP contribution in [0.1, 0.15) is 52.4 Å². The van der Waals surface area contributed by atoms with Crippen LogP contribution < -0.4 is 5.32 Å². The lowest BCUT2D eigenvalue weighted by Gasteiger charge is -2.28. The van der Waals surface area contributed by atoms with Crippen LogP contribution in [0.4, 0.5) is 0 Å². The van der Waals surface area contributed by atoms with Crippen LogP contribution in [-0.4, -0.2) is 24.3 Å². The molecule has 0 spiro atoms. The van der Waals surface area contributed by atoms with Crippen LogP contribution >= 0.6 is 0 Å². The summed E-state index contributed by atoms with van der Waals surface area (Å²) in [5.41, 5.74) is 0. The van der Waals surface area contributed by atoms with Gasteiger partial charge in [-0.05, 0) is 51.0 Å². The van der Waals surface area contributed by atoms with Gasteiger partial charge >= 0.3 is 0 Å². The summed E-state index contributed by atoms with van der Waals surface area (Å²) in [7, 11) is 0. The Kier molecular flexibility index (Phi) is 6.26. The maximum atomic E-state index is 8.74. The fourth-order valence-electron chi connectivity index (χ4n) is 2.61. The van der Waals surface area contributed by atoms with Crippen LogP contribution in [-0.2, 0) is 0 Å². The molecule has 0 aromatic heterocycles. The van der Waals surface area contributed by atoms with Crippen LogP contribution in [0, 0.1) is 11.8 Å². The van der Waals surface area contributed by atoms with Crippen molar-refractivity contribution in [2.24, 2.45) is 11.8 Å². The summed E-state index contributed by atoms with van der Waals surface area (Å²) in [6.45, 7) is 6.10. The van der Waals surface area contributed by atoms with E-state index in [4.69, 9.17) is 5.11 Å². The van der Waals surface area contributed by atoms with E-state index in [0.29, 0.717) is 12.6 Å². The van der Waals surface area contributed by atoms with Crippen LogP contribution in [0.25, 0.3) is 0 Å². The first-order valence-corrected chi connectivity index (χ1v) is 6.56. The van der Waals surface area contributed by atoms with E-state index in [1.165, 1.54) is 32.2 Å². The molecule has 2 N–H and O–H groups in total. The molecule has 90 valence electrons. The van der Waals surface area contributed by atoms with Crippen molar-refractivity contribution in [3.8, 4) is 0 Å². The van der Waals surface area contributed by atoms with Crippen LogP contribution in [0.15, 0.2) is 0 Å². The molecule has 0 radical (unpaired) electrons. The van der Waals surface area contributed by atoms with Crippen molar-refractivity contribution in [3.63, 3.8) is 0 Å². The minimum absolute atomic E-state index is 0.326. The number of hydrogen-bond donors (Lipinski definition) is 2. The highest BCUT2D eigenvalue weighted by molar-refractivity contribution is 4.73. The Bertz CT molecular complexity index is 161. The molecule has 0 bridgehead atoms. The van der Waals surface area contributed by atoms with Gasteiger partial charge < -0.3 is 10.4 Å². The Morgan fingerprint density at radius 3 is 2.87 bits per heavy atom. The first kappa shape index (κ1) is 13.0. The van der Waals surface area contributed by atoms with E-state index in [-0.39, 0.29) is 0 Å². The number of aliphatic hydroxyl groups is 1. The summed E-state index contributed by atoms with van der Waals surface area (Å²) >= 11 is 0. The highest BCUT2D eigenvalue weighted by Gasteiger charge is 2.18. The lowest BCUT2D eigenvalue weighted by Crippen LogP contribution is -2.33. The fourth-order valence-corrected chi connectivity index (χ4v) is 2.61. The number of aliphatic hydroxyl groups excluding tert-OH is 1. The van der Waals surface area contributed by atoms with Crippen LogP contribution in [0.5, 0.6) is 0 Å². The second-order valence-electron chi connectivity index (χ2n) is 5.31. The lowest BCUT2D eigenvalue weighted by atomic mass is 9.82. The number of hydrogen-bond acceptors (Lipinski definition) is 2. The van der Waals surface area contributed by atoms with Gasteiger partial charge in [0.2, 0.25) is 0 Å². The third-order valence-electron chi connectivity index (χ3n) is 3.60. The molecule has 1 aliphatic rings. The third-order valence-corrected chi connectivity index (χ3v) is 3.60. The molecule has 15 heavy (non-hydrogen) atoms. The third kappa shape index (κ3) is 5.53. The van der Waals surface area contributed by atoms with E-state index in [1.54, 1.807) is 0 Å². The maximum absolute atomic E-state index is 8.74. The van der Waals surface area contributed by atoms with E-state index in [0.717, 1.165) is 24.7 Å². The molecule has 0 heterocycles. The van der Waals surface area contributed by atoms with E-state index < -0.39 is 0 Å². The van der Waals surface area contributed by atoms with Crippen molar-refractivity contribution >= 4 is 0 Å². The summed E-state index contributed by atoms with van der Waals surface area (Å²) in [6, 6.07) is 0.564. The van der Waals surface area contributed by atoms with Gasteiger partial charge in [0.15, 0.2) is 0 Å². The zero-order chi connectivity index (χ0) is 11.1. The normalized spacial score (nSPS) is 29.0. The van der Waals surface area contributed by atoms with Gasteiger partial charge in [-0.15, -0.1) is 0 Å². The molecule has 0 aromatic carbocycles. The average Bonchev–Trinajstić information content (AvgIpc) is 2.23. The van der Waals surface area contributed by atoms with Gasteiger partial charge in [0.1, 0.15) is 0 Å². The van der Waals surface area contributed by atoms with Crippen molar-refractivity contribution in [1.29, 1.82) is 0 Å². The van der Waals surface area contributed by atoms with Gasteiger partial charge in [-0.3, -0.25) is 0 Å². The molecule has 0 amide bonds. The monoisotopic (exact) mass is 213 g/mol. The molecular formula is C13H27NO. The summed E-state index contributed by atoms with van der Waals surface area (Å²) in [5, 5.41) is 12.3. The van der Waals surface area contributed by atoms with E-state index in [1.807, 2.05) is 0 Å². The first-order valence-electron chi connectivity index (χ1n) is 6.56. The maximum Gasteiger partial charge on any atom is 0.0431 e. The van der Waals surface area contributed by atoms with Crippen LogP contribution in [0.3, 0.4) is 0 Å². The second-order valence-corrected chi connectivity index (χ2v) is 5.31. The van der Waals surface area contributed by atoms with E-state index in [9.17, 15) is 0 Å². The smallest absolute Gasteiger partial charge is 0.0431 e. The minimum atomic E-state index is 0.326. The van der Waals surface area contributed by atoms with Gasteiger partial charge in [-0.1, -0.05) is 19.8 Å². The topological polar surface area (TPSA) is 32.3 Å². The van der Waals surface area contributed by atoms with Crippen LogP contribution in [0.2, 0.25) is 0 Å². The molecule has 0 aromatic rings. The molecule has 2 heteroatoms. The van der Waals surface area contributed by atoms with Gasteiger partial charge in [0, 0.05) is 12.6 Å². The quantitative estimate of drug-likeness (QED) is 0.711. The molecule has 1 aliphatic carbocycles. The van der Waals surface area contributed by atoms with Gasteiger partial charge in [-0.2, -0.15) is 0 Å². The summed E-state index contributed by atoms with van der Waals surface area (Å²) in [4.78, 5) is 0. The molecule has 0 aliphatic heterocycles. The Morgan fingerprint density at radius 1 is 1.40 bits per heavy atom. The Morgan fingerprint density at radius 2 is 2.20 bits per heavy atom. The summed E-state index contributed by atoms with van der Waals surface area (Å²) in [5.74, 6) is 1.82. The first-order chi connectivity index (χ1) is 7.22. The standard InChI is InChI=1S/C13H27NO/c1-11-5-3-7-13(9-11)10-14-12(2)6-4-8-15/h11-15H,3-10H2,1-2H3.